The first kappa shape index (κ1) is 78.7. The summed E-state index contributed by atoms with van der Waals surface area (Å²) in [5.41, 5.74) is 4.46. The Morgan fingerprint density at radius 1 is 0.758 bits per heavy atom. The predicted molar refractivity (Wildman–Crippen MR) is 345 cm³/mol. The third-order valence-corrected chi connectivity index (χ3v) is 18.0. The first-order valence-corrected chi connectivity index (χ1v) is 33.2. The van der Waals surface area contributed by atoms with Crippen LogP contribution in [0.25, 0.3) is 0 Å². The Morgan fingerprint density at radius 3 is 1.88 bits per heavy atom. The van der Waals surface area contributed by atoms with E-state index in [1.54, 1.807) is 30.7 Å². The number of sulfonamides is 1. The Balaban J connectivity index is 1.69. The fourth-order valence-corrected chi connectivity index (χ4v) is 13.0. The van der Waals surface area contributed by atoms with Gasteiger partial charge in [-0.25, -0.2) is 13.2 Å². The maximum Gasteiger partial charge on any atom is 0.312 e. The number of imide groups is 1. The number of hydrogen-bond donors (Lipinski definition) is 7. The minimum absolute atomic E-state index is 0.0187. The van der Waals surface area contributed by atoms with Crippen molar-refractivity contribution < 1.29 is 70.6 Å². The zero-order chi connectivity index (χ0) is 69.0. The Kier molecular flexibility index (Phi) is 30.7. The molecule has 27 heteroatoms. The highest BCUT2D eigenvalue weighted by molar-refractivity contribution is 7.89. The average molecular weight is 1300 g/mol. The topological polar surface area (TPSA) is 344 Å². The van der Waals surface area contributed by atoms with Gasteiger partial charge in [0.1, 0.15) is 18.1 Å². The lowest BCUT2D eigenvalue weighted by Gasteiger charge is -2.41. The van der Waals surface area contributed by atoms with E-state index in [-0.39, 0.29) is 98.7 Å². The first-order chi connectivity index (χ1) is 42.3. The van der Waals surface area contributed by atoms with Crippen LogP contribution in [0.3, 0.4) is 0 Å². The van der Waals surface area contributed by atoms with Crippen molar-refractivity contribution in [3.63, 3.8) is 0 Å². The summed E-state index contributed by atoms with van der Waals surface area (Å²) in [5.74, 6) is -6.78. The van der Waals surface area contributed by atoms with Crippen LogP contribution < -0.4 is 37.0 Å². The molecule has 0 saturated carbocycles. The number of likely N-dealkylation sites (N-methyl/N-ethyl adjacent to an activating group) is 2. The molecule has 2 aliphatic heterocycles. The van der Waals surface area contributed by atoms with Gasteiger partial charge in [-0.15, -0.1) is 0 Å². The number of nitrogens with one attached hydrogen (secondary N) is 6. The Morgan fingerprint density at radius 2 is 1.35 bits per heavy atom. The maximum atomic E-state index is 14.4. The summed E-state index contributed by atoms with van der Waals surface area (Å²) in [6.07, 6.45) is 2.55. The third-order valence-electron chi connectivity index (χ3n) is 16.8. The second-order valence-corrected chi connectivity index (χ2v) is 29.0. The SMILES string of the molecule is CC[C@H](C)[C@@H]([C@@H](CC(=O)N1CCC[C@H]1[C@H](OC)[C@@H](C)C(=O)NS(=O)(=O)Cc1ccc(NC(=O)[C@H](CCCNC(N)=O)NC(=O)[C@@H](NC(=O)CC(C)(C)COCC(C)(C)CN2C(=O)C=CC2=O)C(C)C)cc1)OC)N(C)C(=O)[C@@H](NC(=O)[C@H](C(C)C)N(C)C)C(C)C. The quantitative estimate of drug-likeness (QED) is 0.0367. The van der Waals surface area contributed by atoms with Crippen molar-refractivity contribution in [3.05, 3.63) is 42.0 Å². The molecule has 0 radical (unpaired) electrons. The molecule has 2 aliphatic rings. The molecule has 1 saturated heterocycles. The van der Waals surface area contributed by atoms with Crippen LogP contribution in [0, 0.1) is 40.4 Å². The van der Waals surface area contributed by atoms with Gasteiger partial charge in [-0.1, -0.05) is 109 Å². The summed E-state index contributed by atoms with van der Waals surface area (Å²) in [6.45, 7) is 24.8. The van der Waals surface area contributed by atoms with Gasteiger partial charge in [0.05, 0.1) is 61.6 Å². The predicted octanol–water partition coefficient (Wildman–Crippen LogP) is 3.68. The average Bonchev–Trinajstić information content (AvgIpc) is 1.83. The minimum atomic E-state index is -4.33. The van der Waals surface area contributed by atoms with Gasteiger partial charge in [-0.3, -0.25) is 57.7 Å². The lowest BCUT2D eigenvalue weighted by molar-refractivity contribution is -0.148. The van der Waals surface area contributed by atoms with Gasteiger partial charge in [0.25, 0.3) is 11.8 Å². The van der Waals surface area contributed by atoms with Gasteiger partial charge in [0.15, 0.2) is 0 Å². The molecular weight excluding hydrogens is 1190 g/mol. The number of nitrogens with two attached hydrogens (primary N) is 1. The molecule has 0 bridgehead atoms. The molecule has 0 spiro atoms. The molecule has 26 nitrogen and oxygen atoms in total. The summed E-state index contributed by atoms with van der Waals surface area (Å²) < 4.78 is 47.4. The summed E-state index contributed by atoms with van der Waals surface area (Å²) >= 11 is 0. The molecule has 3 rings (SSSR count). The number of benzene rings is 1. The lowest BCUT2D eigenvalue weighted by atomic mass is 9.89. The Hall–Kier alpha value is -6.55. The Labute approximate surface area is 539 Å². The molecule has 1 aromatic carbocycles. The van der Waals surface area contributed by atoms with Crippen molar-refractivity contribution >= 4 is 74.9 Å². The molecule has 10 atom stereocenters. The molecule has 8 N–H and O–H groups in total. The fraction of sp³-hybridized carbons (Fsp3) is 0.719. The molecule has 514 valence electrons. The first-order valence-electron chi connectivity index (χ1n) is 31.6. The van der Waals surface area contributed by atoms with Crippen molar-refractivity contribution in [2.24, 2.45) is 46.2 Å². The van der Waals surface area contributed by atoms with Crippen LogP contribution in [-0.2, 0) is 73.1 Å². The number of amides is 11. The van der Waals surface area contributed by atoms with Gasteiger partial charge >= 0.3 is 6.03 Å². The lowest BCUT2D eigenvalue weighted by Crippen LogP contribution is -2.59. The number of nitrogens with zero attached hydrogens (tertiary/aromatic N) is 4. The van der Waals surface area contributed by atoms with Crippen LogP contribution in [-0.4, -0.2) is 204 Å². The number of carbonyl (C=O) groups is 10. The molecule has 11 amide bonds. The van der Waals surface area contributed by atoms with E-state index in [1.165, 1.54) is 57.6 Å². The van der Waals surface area contributed by atoms with Crippen molar-refractivity contribution in [2.75, 3.05) is 73.5 Å². The summed E-state index contributed by atoms with van der Waals surface area (Å²) in [6, 6.07) is 0.275. The molecule has 0 aromatic heterocycles. The number of urea groups is 1. The molecule has 2 heterocycles. The fourth-order valence-electron chi connectivity index (χ4n) is 11.8. The van der Waals surface area contributed by atoms with Crippen LogP contribution in [0.2, 0.25) is 0 Å². The van der Waals surface area contributed by atoms with Crippen LogP contribution >= 0.6 is 0 Å². The number of primary amides is 1. The van der Waals surface area contributed by atoms with Gasteiger partial charge in [0.2, 0.25) is 51.4 Å². The second-order valence-electron chi connectivity index (χ2n) is 27.3. The van der Waals surface area contributed by atoms with E-state index in [1.807, 2.05) is 88.2 Å². The summed E-state index contributed by atoms with van der Waals surface area (Å²) in [7, 11) is 3.86. The van der Waals surface area contributed by atoms with Gasteiger partial charge in [0, 0.05) is 70.6 Å². The van der Waals surface area contributed by atoms with Crippen LogP contribution in [0.15, 0.2) is 36.4 Å². The van der Waals surface area contributed by atoms with Gasteiger partial charge in [-0.2, -0.15) is 0 Å². The number of rotatable bonds is 38. The number of hydrogen-bond acceptors (Lipinski definition) is 16. The summed E-state index contributed by atoms with van der Waals surface area (Å²) in [4.78, 5) is 139. The molecule has 0 aliphatic carbocycles. The zero-order valence-electron chi connectivity index (χ0n) is 57.1. The van der Waals surface area contributed by atoms with Crippen molar-refractivity contribution in [3.8, 4) is 0 Å². The highest BCUT2D eigenvalue weighted by Crippen LogP contribution is 2.31. The van der Waals surface area contributed by atoms with E-state index in [9.17, 15) is 56.4 Å². The van der Waals surface area contributed by atoms with E-state index in [4.69, 9.17) is 19.9 Å². The smallest absolute Gasteiger partial charge is 0.312 e. The highest BCUT2D eigenvalue weighted by Gasteiger charge is 2.44. The maximum absolute atomic E-state index is 14.4. The normalized spacial score (nSPS) is 17.7. The zero-order valence-corrected chi connectivity index (χ0v) is 57.9. The number of likely N-dealkylation sites (tertiary alicyclic amines) is 1. The largest absolute Gasteiger partial charge is 0.380 e. The monoisotopic (exact) mass is 1300 g/mol. The number of ether oxygens (including phenoxy) is 3. The number of carbonyl (C=O) groups excluding carboxylic acids is 10. The molecule has 1 fully saturated rings. The van der Waals surface area contributed by atoms with Crippen LogP contribution in [0.4, 0.5) is 10.5 Å². The minimum Gasteiger partial charge on any atom is -0.380 e. The van der Waals surface area contributed by atoms with E-state index < -0.39 is 128 Å². The third kappa shape index (κ3) is 24.1. The van der Waals surface area contributed by atoms with E-state index in [0.717, 1.165) is 4.90 Å². The number of anilines is 1. The van der Waals surface area contributed by atoms with Crippen molar-refractivity contribution in [2.45, 2.75) is 189 Å². The molecular formula is C64H107N11O15S. The molecule has 0 unspecified atom stereocenters. The van der Waals surface area contributed by atoms with Crippen LogP contribution in [0.5, 0.6) is 0 Å². The number of methoxy groups -OCH3 is 2. The van der Waals surface area contributed by atoms with Crippen LogP contribution in [0.1, 0.15) is 141 Å². The molecule has 91 heavy (non-hydrogen) atoms. The second kappa shape index (κ2) is 35.5. The standard InChI is InChI=1S/C64H107N11O15S/c1-19-41(8)55(73(16)61(84)53(39(4)5)70-60(83)54(40(6)7)72(14)15)47(88-17)32-51(79)74-31-21-23-46(74)56(89-18)42(9)57(80)71-91(86,87)34-43-24-26-44(27-25-43)67-58(81)45(22-20-30-66-62(65)85)68-59(82)52(38(2)3)69-48(76)33-63(10,11)36-90-37-64(12,13)35-75-49(77)28-29-50(75)78/h24-29,38-42,45-47,52-56H,19-23,30-37H2,1-18H3,(H,67,81)(H,68,82)(H,69,76)(H,70,83)(H,71,80)(H3,65,66,85)/t41-,42+,45-,46-,47+,52-,53-,54-,55-,56+/m0/s1. The van der Waals surface area contributed by atoms with E-state index in [0.29, 0.717) is 25.8 Å². The van der Waals surface area contributed by atoms with Gasteiger partial charge < -0.3 is 56.3 Å². The molecule has 1 aromatic rings. The summed E-state index contributed by atoms with van der Waals surface area (Å²) in [5, 5.41) is 13.7. The van der Waals surface area contributed by atoms with E-state index in [2.05, 4.69) is 31.3 Å². The van der Waals surface area contributed by atoms with Crippen molar-refractivity contribution in [1.29, 1.82) is 0 Å². The Bertz CT molecular complexity index is 2780. The highest BCUT2D eigenvalue weighted by atomic mass is 32.2. The van der Waals surface area contributed by atoms with E-state index >= 15 is 0 Å². The van der Waals surface area contributed by atoms with Gasteiger partial charge in [-0.05, 0) is 86.6 Å². The van der Waals surface area contributed by atoms with Crippen molar-refractivity contribution in [1.82, 2.24) is 45.6 Å².